The highest BCUT2D eigenvalue weighted by Gasteiger charge is 2.44. The molecule has 1 fully saturated rings. The number of esters is 1. The molecule has 3 heterocycles. The first-order chi connectivity index (χ1) is 16.0. The molecule has 0 aliphatic carbocycles. The molecule has 0 atom stereocenters. The lowest BCUT2D eigenvalue weighted by Crippen LogP contribution is -2.48. The molecule has 1 aromatic carbocycles. The number of ether oxygens (including phenoxy) is 2. The number of fused-ring (bicyclic) bond motifs is 1. The molecular formula is C25H33N5O3. The van der Waals surface area contributed by atoms with E-state index in [0.29, 0.717) is 26.0 Å². The summed E-state index contributed by atoms with van der Waals surface area (Å²) >= 11 is 0. The second-order valence-electron chi connectivity index (χ2n) is 8.82. The lowest BCUT2D eigenvalue weighted by molar-refractivity contribution is -0.159. The molecule has 2 aromatic rings. The van der Waals surface area contributed by atoms with E-state index in [0.717, 1.165) is 49.5 Å². The maximum Gasteiger partial charge on any atom is 0.315 e. The van der Waals surface area contributed by atoms with Gasteiger partial charge in [0, 0.05) is 44.3 Å². The van der Waals surface area contributed by atoms with Crippen molar-refractivity contribution in [1.82, 2.24) is 9.88 Å². The summed E-state index contributed by atoms with van der Waals surface area (Å²) in [5.41, 5.74) is 8.57. The molecule has 33 heavy (non-hydrogen) atoms. The Balaban J connectivity index is 1.47. The fourth-order valence-electron chi connectivity index (χ4n) is 4.69. The number of nitrogens with zero attached hydrogens (tertiary/aromatic N) is 3. The second kappa shape index (κ2) is 10.1. The van der Waals surface area contributed by atoms with Crippen LogP contribution in [0.4, 0.5) is 5.69 Å². The monoisotopic (exact) mass is 451 g/mol. The Labute approximate surface area is 195 Å². The number of piperidine rings is 1. The van der Waals surface area contributed by atoms with Crippen LogP contribution in [0.15, 0.2) is 42.7 Å². The first-order valence-electron chi connectivity index (χ1n) is 11.7. The summed E-state index contributed by atoms with van der Waals surface area (Å²) in [6, 6.07) is 10.1. The van der Waals surface area contributed by atoms with Crippen LogP contribution in [0.1, 0.15) is 37.3 Å². The Hall–Kier alpha value is -3.29. The maximum atomic E-state index is 13.0. The van der Waals surface area contributed by atoms with Gasteiger partial charge in [-0.3, -0.25) is 15.2 Å². The number of guanidine groups is 1. The Kier molecular flexibility index (Phi) is 7.01. The van der Waals surface area contributed by atoms with E-state index < -0.39 is 5.41 Å². The minimum atomic E-state index is -0.669. The number of aromatic nitrogens is 1. The van der Waals surface area contributed by atoms with Crippen molar-refractivity contribution in [3.63, 3.8) is 0 Å². The lowest BCUT2D eigenvalue weighted by atomic mass is 9.79. The predicted molar refractivity (Wildman–Crippen MR) is 127 cm³/mol. The zero-order valence-corrected chi connectivity index (χ0v) is 19.3. The van der Waals surface area contributed by atoms with Gasteiger partial charge in [0.2, 0.25) is 0 Å². The van der Waals surface area contributed by atoms with E-state index >= 15 is 0 Å². The van der Waals surface area contributed by atoms with Crippen LogP contribution >= 0.6 is 0 Å². The van der Waals surface area contributed by atoms with Crippen LogP contribution in [-0.2, 0) is 22.5 Å². The molecule has 0 radical (unpaired) electrons. The van der Waals surface area contributed by atoms with Crippen molar-refractivity contribution >= 4 is 17.6 Å². The van der Waals surface area contributed by atoms with Gasteiger partial charge in [0.05, 0.1) is 6.61 Å². The van der Waals surface area contributed by atoms with Crippen molar-refractivity contribution in [2.24, 2.45) is 11.1 Å². The minimum absolute atomic E-state index is 0.0939. The minimum Gasteiger partial charge on any atom is -0.492 e. The number of carbonyl (C=O) groups is 1. The highest BCUT2D eigenvalue weighted by atomic mass is 16.5. The number of anilines is 1. The SMILES string of the molecule is CCOC(=O)C1(COc2ccc3c(c2)CN(C(=N)N)CCC3)CCN(c2ccncc2)CC1. The quantitative estimate of drug-likeness (QED) is 0.395. The summed E-state index contributed by atoms with van der Waals surface area (Å²) in [7, 11) is 0. The van der Waals surface area contributed by atoms with Crippen LogP contribution in [0.25, 0.3) is 0 Å². The molecule has 8 nitrogen and oxygen atoms in total. The Morgan fingerprint density at radius 1 is 1.15 bits per heavy atom. The molecule has 0 amide bonds. The molecule has 0 spiro atoms. The van der Waals surface area contributed by atoms with Gasteiger partial charge < -0.3 is 25.0 Å². The number of nitrogens with two attached hydrogens (primary N) is 1. The van der Waals surface area contributed by atoms with Crippen LogP contribution in [-0.4, -0.2) is 54.7 Å². The molecule has 8 heteroatoms. The van der Waals surface area contributed by atoms with Crippen LogP contribution < -0.4 is 15.4 Å². The zero-order valence-electron chi connectivity index (χ0n) is 19.3. The van der Waals surface area contributed by atoms with Gasteiger partial charge in [0.15, 0.2) is 5.96 Å². The van der Waals surface area contributed by atoms with Crippen molar-refractivity contribution < 1.29 is 14.3 Å². The average molecular weight is 452 g/mol. The number of carbonyl (C=O) groups excluding carboxylic acids is 1. The van der Waals surface area contributed by atoms with Crippen LogP contribution in [0.5, 0.6) is 5.75 Å². The van der Waals surface area contributed by atoms with Crippen molar-refractivity contribution in [3.8, 4) is 5.75 Å². The maximum absolute atomic E-state index is 13.0. The van der Waals surface area contributed by atoms with Crippen molar-refractivity contribution in [3.05, 3.63) is 53.9 Å². The lowest BCUT2D eigenvalue weighted by Gasteiger charge is -2.40. The topological polar surface area (TPSA) is 105 Å². The van der Waals surface area contributed by atoms with Gasteiger partial charge in [0.1, 0.15) is 17.8 Å². The number of pyridine rings is 1. The van der Waals surface area contributed by atoms with E-state index in [9.17, 15) is 4.79 Å². The van der Waals surface area contributed by atoms with E-state index in [1.54, 1.807) is 12.4 Å². The zero-order chi connectivity index (χ0) is 23.3. The van der Waals surface area contributed by atoms with Gasteiger partial charge in [-0.2, -0.15) is 0 Å². The van der Waals surface area contributed by atoms with E-state index in [-0.39, 0.29) is 18.5 Å². The highest BCUT2D eigenvalue weighted by molar-refractivity contribution is 5.77. The van der Waals surface area contributed by atoms with E-state index in [1.165, 1.54) is 5.56 Å². The van der Waals surface area contributed by atoms with Gasteiger partial charge in [-0.05, 0) is 68.0 Å². The Morgan fingerprint density at radius 2 is 1.91 bits per heavy atom. The van der Waals surface area contributed by atoms with Crippen LogP contribution in [0.3, 0.4) is 0 Å². The van der Waals surface area contributed by atoms with Gasteiger partial charge >= 0.3 is 5.97 Å². The molecule has 0 bridgehead atoms. The van der Waals surface area contributed by atoms with E-state index in [2.05, 4.69) is 16.0 Å². The summed E-state index contributed by atoms with van der Waals surface area (Å²) < 4.78 is 11.7. The predicted octanol–water partition coefficient (Wildman–Crippen LogP) is 2.95. The fourth-order valence-corrected chi connectivity index (χ4v) is 4.69. The van der Waals surface area contributed by atoms with Gasteiger partial charge in [-0.15, -0.1) is 0 Å². The number of nitrogens with one attached hydrogen (secondary N) is 1. The molecule has 0 saturated carbocycles. The smallest absolute Gasteiger partial charge is 0.315 e. The number of hydrogen-bond acceptors (Lipinski definition) is 6. The first-order valence-corrected chi connectivity index (χ1v) is 11.7. The standard InChI is InChI=1S/C25H33N5O3/c1-2-32-23(31)25(9-14-29(15-10-25)21-7-11-28-12-8-21)18-33-22-6-5-19-4-3-13-30(24(26)27)17-20(19)16-22/h5-8,11-12,16H,2-4,9-10,13-15,17-18H2,1H3,(H3,26,27). The molecule has 2 aliphatic heterocycles. The van der Waals surface area contributed by atoms with Crippen molar-refractivity contribution in [2.75, 3.05) is 37.7 Å². The second-order valence-corrected chi connectivity index (χ2v) is 8.82. The number of hydrogen-bond donors (Lipinski definition) is 2. The summed E-state index contributed by atoms with van der Waals surface area (Å²) in [4.78, 5) is 21.3. The average Bonchev–Trinajstić information content (AvgIpc) is 3.06. The summed E-state index contributed by atoms with van der Waals surface area (Å²) in [5, 5.41) is 7.80. The summed E-state index contributed by atoms with van der Waals surface area (Å²) in [5.74, 6) is 0.646. The van der Waals surface area contributed by atoms with Gasteiger partial charge in [0.25, 0.3) is 0 Å². The van der Waals surface area contributed by atoms with Gasteiger partial charge in [-0.1, -0.05) is 6.07 Å². The molecule has 4 rings (SSSR count). The third-order valence-corrected chi connectivity index (χ3v) is 6.73. The largest absolute Gasteiger partial charge is 0.492 e. The summed E-state index contributed by atoms with van der Waals surface area (Å²) in [6.45, 7) is 5.37. The molecule has 3 N–H and O–H groups in total. The third-order valence-electron chi connectivity index (χ3n) is 6.73. The molecular weight excluding hydrogens is 418 g/mol. The van der Waals surface area contributed by atoms with Crippen molar-refractivity contribution in [2.45, 2.75) is 39.2 Å². The third kappa shape index (κ3) is 5.21. The van der Waals surface area contributed by atoms with E-state index in [4.69, 9.17) is 20.6 Å². The number of aryl methyl sites for hydroxylation is 1. The molecule has 1 aromatic heterocycles. The first kappa shape index (κ1) is 22.9. The Bertz CT molecular complexity index is 973. The van der Waals surface area contributed by atoms with Crippen LogP contribution in [0, 0.1) is 10.8 Å². The Morgan fingerprint density at radius 3 is 2.61 bits per heavy atom. The molecule has 2 aliphatic rings. The van der Waals surface area contributed by atoms with Gasteiger partial charge in [-0.25, -0.2) is 0 Å². The van der Waals surface area contributed by atoms with E-state index in [1.807, 2.05) is 36.1 Å². The normalized spacial score (nSPS) is 17.6. The summed E-state index contributed by atoms with van der Waals surface area (Å²) in [6.07, 6.45) is 6.83. The fraction of sp³-hybridized carbons (Fsp3) is 0.480. The molecule has 0 unspecified atom stereocenters. The van der Waals surface area contributed by atoms with Crippen LogP contribution in [0.2, 0.25) is 0 Å². The number of rotatable bonds is 6. The molecule has 176 valence electrons. The molecule has 1 saturated heterocycles. The van der Waals surface area contributed by atoms with Crippen molar-refractivity contribution in [1.29, 1.82) is 5.41 Å². The number of benzene rings is 1. The highest BCUT2D eigenvalue weighted by Crippen LogP contribution is 2.36.